The predicted molar refractivity (Wildman–Crippen MR) is 81.7 cm³/mol. The molecule has 0 aliphatic heterocycles. The molecule has 2 N–H and O–H groups in total. The van der Waals surface area contributed by atoms with Gasteiger partial charge in [-0.25, -0.2) is 13.1 Å². The molecule has 7 heteroatoms. The lowest BCUT2D eigenvalue weighted by Gasteiger charge is -2.07. The van der Waals surface area contributed by atoms with Gasteiger partial charge in [0.15, 0.2) is 0 Å². The van der Waals surface area contributed by atoms with Crippen molar-refractivity contribution in [2.24, 2.45) is 0 Å². The quantitative estimate of drug-likeness (QED) is 0.760. The van der Waals surface area contributed by atoms with Gasteiger partial charge in [0.25, 0.3) is 5.91 Å². The van der Waals surface area contributed by atoms with Crippen molar-refractivity contribution < 1.29 is 17.6 Å². The highest BCUT2D eigenvalue weighted by molar-refractivity contribution is 7.89. The summed E-state index contributed by atoms with van der Waals surface area (Å²) in [6, 6.07) is 7.46. The molecule has 6 nitrogen and oxygen atoms in total. The Morgan fingerprint density at radius 2 is 1.95 bits per heavy atom. The summed E-state index contributed by atoms with van der Waals surface area (Å²) >= 11 is 0. The summed E-state index contributed by atoms with van der Waals surface area (Å²) in [4.78, 5) is 12.1. The zero-order valence-corrected chi connectivity index (χ0v) is 12.6. The van der Waals surface area contributed by atoms with Crippen LogP contribution < -0.4 is 10.0 Å². The molecular formula is C15H16N2O4S. The van der Waals surface area contributed by atoms with Gasteiger partial charge in [-0.15, -0.1) is 6.58 Å². The minimum absolute atomic E-state index is 0.0979. The van der Waals surface area contributed by atoms with E-state index in [0.717, 1.165) is 5.56 Å². The van der Waals surface area contributed by atoms with E-state index >= 15 is 0 Å². The predicted octanol–water partition coefficient (Wildman–Crippen LogP) is 1.67. The van der Waals surface area contributed by atoms with E-state index in [0.29, 0.717) is 12.1 Å². The monoisotopic (exact) mass is 320 g/mol. The summed E-state index contributed by atoms with van der Waals surface area (Å²) in [6.07, 6.45) is 4.52. The third-order valence-corrected chi connectivity index (χ3v) is 4.32. The molecule has 0 radical (unpaired) electrons. The van der Waals surface area contributed by atoms with E-state index in [-0.39, 0.29) is 17.3 Å². The van der Waals surface area contributed by atoms with Crippen molar-refractivity contribution in [3.8, 4) is 0 Å². The largest absolute Gasteiger partial charge is 0.472 e. The highest BCUT2D eigenvalue weighted by Gasteiger charge is 2.13. The van der Waals surface area contributed by atoms with Gasteiger partial charge in [0, 0.05) is 24.2 Å². The Balaban J connectivity index is 2.01. The van der Waals surface area contributed by atoms with E-state index in [4.69, 9.17) is 4.42 Å². The Bertz CT molecular complexity index is 734. The third kappa shape index (κ3) is 4.06. The number of carbonyl (C=O) groups is 1. The number of hydrogen-bond acceptors (Lipinski definition) is 4. The summed E-state index contributed by atoms with van der Waals surface area (Å²) in [7, 11) is -3.58. The first kappa shape index (κ1) is 16.0. The maximum absolute atomic E-state index is 12.0. The summed E-state index contributed by atoms with van der Waals surface area (Å²) < 4.78 is 31.0. The summed E-state index contributed by atoms with van der Waals surface area (Å²) in [6.45, 7) is 3.94. The first-order chi connectivity index (χ1) is 10.5. The lowest BCUT2D eigenvalue weighted by Crippen LogP contribution is -2.24. The second kappa shape index (κ2) is 7.06. The van der Waals surface area contributed by atoms with E-state index in [1.807, 2.05) is 0 Å². The van der Waals surface area contributed by atoms with Crippen LogP contribution in [0, 0.1) is 0 Å². The van der Waals surface area contributed by atoms with Gasteiger partial charge in [0.05, 0.1) is 17.4 Å². The molecule has 2 rings (SSSR count). The molecule has 116 valence electrons. The number of amides is 1. The van der Waals surface area contributed by atoms with Gasteiger partial charge in [0.1, 0.15) is 0 Å². The maximum atomic E-state index is 12.0. The van der Waals surface area contributed by atoms with Crippen LogP contribution in [0.5, 0.6) is 0 Å². The maximum Gasteiger partial charge on any atom is 0.251 e. The van der Waals surface area contributed by atoms with Crippen molar-refractivity contribution in [2.75, 3.05) is 6.54 Å². The van der Waals surface area contributed by atoms with E-state index in [9.17, 15) is 13.2 Å². The summed E-state index contributed by atoms with van der Waals surface area (Å²) in [5, 5.41) is 2.72. The number of furan rings is 1. The molecule has 0 atom stereocenters. The highest BCUT2D eigenvalue weighted by atomic mass is 32.2. The molecule has 0 saturated carbocycles. The smallest absolute Gasteiger partial charge is 0.251 e. The average Bonchev–Trinajstić information content (AvgIpc) is 3.04. The molecule has 0 spiro atoms. The van der Waals surface area contributed by atoms with Crippen LogP contribution in [-0.4, -0.2) is 20.9 Å². The van der Waals surface area contributed by atoms with Gasteiger partial charge < -0.3 is 9.73 Å². The standard InChI is InChI=1S/C15H16N2O4S/c1-2-8-17-22(19,20)14-5-3-13(4-6-14)15(18)16-10-12-7-9-21-11-12/h2-7,9,11,17H,1,8,10H2,(H,16,18). The van der Waals surface area contributed by atoms with Crippen LogP contribution >= 0.6 is 0 Å². The van der Waals surface area contributed by atoms with Gasteiger partial charge >= 0.3 is 0 Å². The van der Waals surface area contributed by atoms with Gasteiger partial charge in [-0.05, 0) is 30.3 Å². The molecule has 1 aromatic heterocycles. The van der Waals surface area contributed by atoms with Gasteiger partial charge in [-0.2, -0.15) is 0 Å². The van der Waals surface area contributed by atoms with Crippen molar-refractivity contribution in [1.29, 1.82) is 0 Å². The normalized spacial score (nSPS) is 11.1. The molecule has 0 fully saturated rings. The number of nitrogens with one attached hydrogen (secondary N) is 2. The molecular weight excluding hydrogens is 304 g/mol. The number of benzene rings is 1. The molecule has 0 bridgehead atoms. The first-order valence-electron chi connectivity index (χ1n) is 6.53. The fourth-order valence-electron chi connectivity index (χ4n) is 1.72. The minimum atomic E-state index is -3.58. The Morgan fingerprint density at radius 1 is 1.23 bits per heavy atom. The Labute approximate surface area is 128 Å². The summed E-state index contributed by atoms with van der Waals surface area (Å²) in [5.41, 5.74) is 1.23. The molecule has 1 aromatic carbocycles. The zero-order valence-electron chi connectivity index (χ0n) is 11.8. The first-order valence-corrected chi connectivity index (χ1v) is 8.01. The van der Waals surface area contributed by atoms with Gasteiger partial charge in [0.2, 0.25) is 10.0 Å². The third-order valence-electron chi connectivity index (χ3n) is 2.88. The van der Waals surface area contributed by atoms with Gasteiger partial charge in [-0.3, -0.25) is 4.79 Å². The lowest BCUT2D eigenvalue weighted by atomic mass is 10.2. The topological polar surface area (TPSA) is 88.4 Å². The molecule has 0 saturated heterocycles. The number of sulfonamides is 1. The van der Waals surface area contributed by atoms with Crippen LogP contribution in [0.4, 0.5) is 0 Å². The summed E-state index contributed by atoms with van der Waals surface area (Å²) in [5.74, 6) is -0.288. The van der Waals surface area contributed by atoms with Crippen molar-refractivity contribution in [3.05, 3.63) is 66.6 Å². The Morgan fingerprint density at radius 3 is 2.55 bits per heavy atom. The van der Waals surface area contributed by atoms with E-state index in [1.54, 1.807) is 12.3 Å². The fourth-order valence-corrected chi connectivity index (χ4v) is 2.71. The van der Waals surface area contributed by atoms with E-state index in [2.05, 4.69) is 16.6 Å². The van der Waals surface area contributed by atoms with Crippen molar-refractivity contribution in [3.63, 3.8) is 0 Å². The lowest BCUT2D eigenvalue weighted by molar-refractivity contribution is 0.0951. The molecule has 1 heterocycles. The second-order valence-electron chi connectivity index (χ2n) is 4.48. The fraction of sp³-hybridized carbons (Fsp3) is 0.133. The van der Waals surface area contributed by atoms with Crippen LogP contribution in [0.25, 0.3) is 0 Å². The molecule has 1 amide bonds. The Hall–Kier alpha value is -2.38. The SMILES string of the molecule is C=CCNS(=O)(=O)c1ccc(C(=O)NCc2ccoc2)cc1. The minimum Gasteiger partial charge on any atom is -0.472 e. The van der Waals surface area contributed by atoms with Crippen LogP contribution in [0.1, 0.15) is 15.9 Å². The highest BCUT2D eigenvalue weighted by Crippen LogP contribution is 2.10. The Kier molecular flexibility index (Phi) is 5.13. The van der Waals surface area contributed by atoms with Crippen LogP contribution in [-0.2, 0) is 16.6 Å². The zero-order chi connectivity index (χ0) is 16.0. The van der Waals surface area contributed by atoms with Crippen LogP contribution in [0.15, 0.2) is 64.8 Å². The molecule has 0 aliphatic carbocycles. The van der Waals surface area contributed by atoms with Gasteiger partial charge in [-0.1, -0.05) is 6.08 Å². The van der Waals surface area contributed by atoms with Crippen molar-refractivity contribution in [1.82, 2.24) is 10.0 Å². The van der Waals surface area contributed by atoms with Crippen molar-refractivity contribution >= 4 is 15.9 Å². The second-order valence-corrected chi connectivity index (χ2v) is 6.25. The molecule has 0 unspecified atom stereocenters. The number of rotatable bonds is 7. The van der Waals surface area contributed by atoms with Crippen molar-refractivity contribution in [2.45, 2.75) is 11.4 Å². The number of hydrogen-bond donors (Lipinski definition) is 2. The molecule has 22 heavy (non-hydrogen) atoms. The molecule has 2 aromatic rings. The average molecular weight is 320 g/mol. The van der Waals surface area contributed by atoms with Crippen LogP contribution in [0.3, 0.4) is 0 Å². The number of carbonyl (C=O) groups excluding carboxylic acids is 1. The molecule has 0 aliphatic rings. The van der Waals surface area contributed by atoms with E-state index in [1.165, 1.54) is 36.6 Å². The van der Waals surface area contributed by atoms with Crippen LogP contribution in [0.2, 0.25) is 0 Å². The van der Waals surface area contributed by atoms with E-state index < -0.39 is 10.0 Å².